The van der Waals surface area contributed by atoms with Crippen molar-refractivity contribution >= 4 is 33.3 Å². The van der Waals surface area contributed by atoms with Gasteiger partial charge in [-0.15, -0.1) is 0 Å². The molecule has 4 heterocycles. The Bertz CT molecular complexity index is 1230. The molecule has 0 radical (unpaired) electrons. The summed E-state index contributed by atoms with van der Waals surface area (Å²) in [6, 6.07) is 4.20. The highest BCUT2D eigenvalue weighted by molar-refractivity contribution is 7.86. The molecular formula is C23H25ClFN5OS. The number of hydrogen-bond acceptors (Lipinski definition) is 4. The average molecular weight is 474 g/mol. The van der Waals surface area contributed by atoms with Gasteiger partial charge in [-0.3, -0.25) is 13.8 Å². The first-order valence-corrected chi connectivity index (χ1v) is 13.3. The normalized spacial score (nSPS) is 36.5. The predicted molar refractivity (Wildman–Crippen MR) is 123 cm³/mol. The zero-order valence-electron chi connectivity index (χ0n) is 17.7. The Morgan fingerprint density at radius 1 is 1.16 bits per heavy atom. The monoisotopic (exact) mass is 473 g/mol. The Hall–Kier alpha value is -1.77. The molecule has 2 saturated heterocycles. The first kappa shape index (κ1) is 19.7. The molecule has 32 heavy (non-hydrogen) atoms. The molecule has 3 aliphatic carbocycles. The largest absolute Gasteiger partial charge is 0.296 e. The molecule has 2 aromatic heterocycles. The highest BCUT2D eigenvalue weighted by atomic mass is 35.5. The summed E-state index contributed by atoms with van der Waals surface area (Å²) in [4.78, 5) is 2.17. The second kappa shape index (κ2) is 6.87. The quantitative estimate of drug-likeness (QED) is 0.580. The van der Waals surface area contributed by atoms with Crippen LogP contribution in [0.15, 0.2) is 30.7 Å². The van der Waals surface area contributed by atoms with Crippen LogP contribution in [0.3, 0.4) is 0 Å². The van der Waals surface area contributed by atoms with E-state index in [1.165, 1.54) is 19.3 Å². The number of alkyl halides is 1. The van der Waals surface area contributed by atoms with Gasteiger partial charge in [-0.2, -0.15) is 10.2 Å². The fourth-order valence-electron chi connectivity index (χ4n) is 6.15. The van der Waals surface area contributed by atoms with Crippen molar-refractivity contribution in [2.45, 2.75) is 49.4 Å². The molecule has 1 aromatic carbocycles. The van der Waals surface area contributed by atoms with Crippen LogP contribution in [0.25, 0.3) is 16.6 Å². The van der Waals surface area contributed by atoms with Crippen LogP contribution in [0.4, 0.5) is 4.39 Å². The van der Waals surface area contributed by atoms with Gasteiger partial charge in [0, 0.05) is 51.2 Å². The van der Waals surface area contributed by atoms with Crippen LogP contribution in [0.1, 0.15) is 37.2 Å². The van der Waals surface area contributed by atoms with Gasteiger partial charge in [0.25, 0.3) is 0 Å². The van der Waals surface area contributed by atoms with Crippen molar-refractivity contribution in [2.75, 3.05) is 24.6 Å². The maximum atomic E-state index is 15.3. The van der Waals surface area contributed by atoms with E-state index in [2.05, 4.69) is 26.0 Å². The van der Waals surface area contributed by atoms with E-state index in [9.17, 15) is 4.21 Å². The van der Waals surface area contributed by atoms with E-state index in [4.69, 9.17) is 11.6 Å². The van der Waals surface area contributed by atoms with Gasteiger partial charge < -0.3 is 0 Å². The Balaban J connectivity index is 1.19. The van der Waals surface area contributed by atoms with Crippen LogP contribution in [-0.4, -0.2) is 65.5 Å². The summed E-state index contributed by atoms with van der Waals surface area (Å²) in [7, 11) is -0.716. The van der Waals surface area contributed by atoms with Crippen molar-refractivity contribution in [2.24, 2.45) is 5.92 Å². The van der Waals surface area contributed by atoms with Crippen LogP contribution in [0, 0.1) is 5.92 Å². The van der Waals surface area contributed by atoms with Crippen molar-refractivity contribution in [3.05, 3.63) is 41.3 Å². The summed E-state index contributed by atoms with van der Waals surface area (Å²) in [6.07, 6.45) is 9.22. The molecule has 9 heteroatoms. The summed E-state index contributed by atoms with van der Waals surface area (Å²) in [6.45, 7) is 1.20. The van der Waals surface area contributed by atoms with Gasteiger partial charge >= 0.3 is 0 Å². The third kappa shape index (κ3) is 2.82. The minimum absolute atomic E-state index is 0.236. The number of nitrogens with zero attached hydrogens (tertiary/aromatic N) is 5. The molecule has 0 amide bonds. The van der Waals surface area contributed by atoms with Gasteiger partial charge in [0.2, 0.25) is 0 Å². The molecule has 2 aliphatic heterocycles. The fraction of sp³-hybridized carbons (Fsp3) is 0.565. The van der Waals surface area contributed by atoms with E-state index >= 15 is 4.39 Å². The van der Waals surface area contributed by atoms with Crippen molar-refractivity contribution in [1.29, 1.82) is 0 Å². The SMILES string of the molecule is O=S1CC(N2CCC(c3cc4c(cnn4-c4cnn(C56CC(C5)C6)c4)cc3Cl)C(F)C2)C1. The fourth-order valence-corrected chi connectivity index (χ4v) is 7.64. The number of likely N-dealkylation sites (tertiary alicyclic amines) is 1. The number of aromatic nitrogens is 4. The second-order valence-electron chi connectivity index (χ2n) is 10.2. The molecule has 2 bridgehead atoms. The van der Waals surface area contributed by atoms with E-state index in [-0.39, 0.29) is 17.5 Å². The topological polar surface area (TPSA) is 56.0 Å². The summed E-state index contributed by atoms with van der Waals surface area (Å²) >= 11 is 6.64. The molecule has 3 aromatic rings. The van der Waals surface area contributed by atoms with Crippen LogP contribution >= 0.6 is 11.6 Å². The van der Waals surface area contributed by atoms with E-state index < -0.39 is 17.0 Å². The van der Waals surface area contributed by atoms with Gasteiger partial charge in [0.1, 0.15) is 11.9 Å². The number of fused-ring (bicyclic) bond motifs is 1. The Kier molecular flexibility index (Phi) is 4.22. The second-order valence-corrected chi connectivity index (χ2v) is 12.1. The average Bonchev–Trinajstić information content (AvgIpc) is 3.29. The van der Waals surface area contributed by atoms with Crippen LogP contribution in [0.5, 0.6) is 0 Å². The number of piperidine rings is 1. The zero-order chi connectivity index (χ0) is 21.6. The van der Waals surface area contributed by atoms with Crippen molar-refractivity contribution < 1.29 is 8.60 Å². The van der Waals surface area contributed by atoms with Crippen molar-refractivity contribution in [1.82, 2.24) is 24.5 Å². The summed E-state index contributed by atoms with van der Waals surface area (Å²) in [5, 5.41) is 10.8. The van der Waals surface area contributed by atoms with Crippen molar-refractivity contribution in [3.8, 4) is 5.69 Å². The van der Waals surface area contributed by atoms with Crippen molar-refractivity contribution in [3.63, 3.8) is 0 Å². The summed E-state index contributed by atoms with van der Waals surface area (Å²) < 4.78 is 30.8. The highest BCUT2D eigenvalue weighted by Gasteiger charge is 2.58. The zero-order valence-corrected chi connectivity index (χ0v) is 19.2. The lowest BCUT2D eigenvalue weighted by molar-refractivity contribution is -0.0977. The highest BCUT2D eigenvalue weighted by Crippen LogP contribution is 2.62. The molecule has 168 valence electrons. The molecule has 8 rings (SSSR count). The molecule has 6 nitrogen and oxygen atoms in total. The summed E-state index contributed by atoms with van der Waals surface area (Å²) in [5.74, 6) is 2.02. The summed E-state index contributed by atoms with van der Waals surface area (Å²) in [5.41, 5.74) is 2.97. The smallest absolute Gasteiger partial charge is 0.120 e. The maximum absolute atomic E-state index is 15.3. The molecule has 2 atom stereocenters. The lowest BCUT2D eigenvalue weighted by Crippen LogP contribution is -2.59. The maximum Gasteiger partial charge on any atom is 0.120 e. The Labute approximate surface area is 193 Å². The van der Waals surface area contributed by atoms with E-state index in [0.717, 1.165) is 34.6 Å². The number of hydrogen-bond donors (Lipinski definition) is 0. The minimum atomic E-state index is -0.990. The Morgan fingerprint density at radius 2 is 1.97 bits per heavy atom. The van der Waals surface area contributed by atoms with Crippen LogP contribution in [-0.2, 0) is 16.3 Å². The van der Waals surface area contributed by atoms with Gasteiger partial charge in [0.15, 0.2) is 0 Å². The Morgan fingerprint density at radius 3 is 2.66 bits per heavy atom. The van der Waals surface area contributed by atoms with Crippen LogP contribution in [0.2, 0.25) is 5.02 Å². The first-order valence-electron chi connectivity index (χ1n) is 11.4. The number of benzene rings is 1. The van der Waals surface area contributed by atoms with Gasteiger partial charge in [-0.25, -0.2) is 9.07 Å². The van der Waals surface area contributed by atoms with Gasteiger partial charge in [-0.1, -0.05) is 11.6 Å². The van der Waals surface area contributed by atoms with Gasteiger partial charge in [-0.05, 0) is 55.8 Å². The standard InChI is InChI=1S/C23H25ClFN5OS/c24-20-3-15-8-27-30(16-9-26-29(10-16)23-5-14(6-23)7-23)22(15)4-19(20)18-1-2-28(11-21(18)25)17-12-32(31)13-17/h3-4,8-10,14,17-18,21H,1-2,5-7,11-13H2. The number of halogens is 2. The molecule has 5 aliphatic rings. The minimum Gasteiger partial charge on any atom is -0.296 e. The van der Waals surface area contributed by atoms with Crippen LogP contribution < -0.4 is 0 Å². The van der Waals surface area contributed by atoms with E-state index in [1.54, 1.807) is 0 Å². The third-order valence-electron chi connectivity index (χ3n) is 8.24. The number of rotatable bonds is 4. The molecule has 5 fully saturated rings. The lowest BCUT2D eigenvalue weighted by atomic mass is 9.50. The first-order chi connectivity index (χ1) is 15.5. The molecule has 0 N–H and O–H groups in total. The molecule has 3 saturated carbocycles. The lowest BCUT2D eigenvalue weighted by Gasteiger charge is -2.61. The molecular weight excluding hydrogens is 449 g/mol. The van der Waals surface area contributed by atoms with E-state index in [1.807, 2.05) is 29.2 Å². The van der Waals surface area contributed by atoms with Gasteiger partial charge in [0.05, 0.1) is 29.6 Å². The molecule has 2 unspecified atom stereocenters. The predicted octanol–water partition coefficient (Wildman–Crippen LogP) is 3.64. The molecule has 0 spiro atoms. The van der Waals surface area contributed by atoms with E-state index in [0.29, 0.717) is 29.5 Å². The third-order valence-corrected chi connectivity index (χ3v) is 10.1.